The van der Waals surface area contributed by atoms with Gasteiger partial charge < -0.3 is 10.2 Å². The molecule has 4 nitrogen and oxygen atoms in total. The van der Waals surface area contributed by atoms with Crippen LogP contribution >= 0.6 is 0 Å². The maximum atomic E-state index is 4.48. The fraction of sp³-hybridized carbons (Fsp3) is 0.692. The summed E-state index contributed by atoms with van der Waals surface area (Å²) in [5, 5.41) is 3.13. The highest BCUT2D eigenvalue weighted by molar-refractivity contribution is 5.58. The Hall–Kier alpha value is -1.32. The minimum atomic E-state index is 0.641. The molecule has 1 N–H and O–H groups in total. The highest BCUT2D eigenvalue weighted by Gasteiger charge is 2.24. The molecule has 1 atom stereocenters. The van der Waals surface area contributed by atoms with Gasteiger partial charge in [-0.25, -0.2) is 9.97 Å². The van der Waals surface area contributed by atoms with Crippen molar-refractivity contribution in [3.05, 3.63) is 11.9 Å². The third kappa shape index (κ3) is 2.35. The Morgan fingerprint density at radius 2 is 2.24 bits per heavy atom. The fourth-order valence-electron chi connectivity index (χ4n) is 2.69. The highest BCUT2D eigenvalue weighted by Crippen LogP contribution is 2.29. The molecule has 2 rings (SSSR count). The number of rotatable bonds is 3. The van der Waals surface area contributed by atoms with Gasteiger partial charge in [0.05, 0.1) is 0 Å². The van der Waals surface area contributed by atoms with Crippen LogP contribution in [0.3, 0.4) is 0 Å². The van der Waals surface area contributed by atoms with E-state index in [4.69, 9.17) is 0 Å². The van der Waals surface area contributed by atoms with Gasteiger partial charge >= 0.3 is 0 Å². The van der Waals surface area contributed by atoms with Gasteiger partial charge in [-0.1, -0.05) is 6.92 Å². The van der Waals surface area contributed by atoms with Crippen molar-refractivity contribution in [1.29, 1.82) is 0 Å². The third-order valence-corrected chi connectivity index (χ3v) is 3.66. The standard InChI is InChI=1S/C13H22N4/c1-4-11-7-5-6-8-17(11)13-10(2)12(14-3)15-9-16-13/h9,11H,4-8H2,1-3H3,(H,14,15,16). The zero-order chi connectivity index (χ0) is 12.3. The average Bonchev–Trinajstić information content (AvgIpc) is 2.39. The Morgan fingerprint density at radius 1 is 1.41 bits per heavy atom. The highest BCUT2D eigenvalue weighted by atomic mass is 15.2. The number of aromatic nitrogens is 2. The molecule has 1 fully saturated rings. The molecular weight excluding hydrogens is 212 g/mol. The van der Waals surface area contributed by atoms with Gasteiger partial charge in [-0.05, 0) is 32.6 Å². The summed E-state index contributed by atoms with van der Waals surface area (Å²) in [6.07, 6.45) is 6.76. The molecule has 1 aliphatic rings. The number of hydrogen-bond acceptors (Lipinski definition) is 4. The van der Waals surface area contributed by atoms with E-state index in [9.17, 15) is 0 Å². The minimum Gasteiger partial charge on any atom is -0.373 e. The third-order valence-electron chi connectivity index (χ3n) is 3.66. The quantitative estimate of drug-likeness (QED) is 0.872. The van der Waals surface area contributed by atoms with Gasteiger partial charge in [0.15, 0.2) is 0 Å². The van der Waals surface area contributed by atoms with Gasteiger partial charge in [-0.15, -0.1) is 0 Å². The van der Waals surface area contributed by atoms with Crippen LogP contribution in [-0.2, 0) is 0 Å². The van der Waals surface area contributed by atoms with Crippen molar-refractivity contribution in [3.63, 3.8) is 0 Å². The lowest BCUT2D eigenvalue weighted by Crippen LogP contribution is -2.40. The summed E-state index contributed by atoms with van der Waals surface area (Å²) in [4.78, 5) is 11.2. The van der Waals surface area contributed by atoms with E-state index in [2.05, 4.69) is 34.0 Å². The van der Waals surface area contributed by atoms with Crippen molar-refractivity contribution in [2.75, 3.05) is 23.8 Å². The summed E-state index contributed by atoms with van der Waals surface area (Å²) >= 11 is 0. The smallest absolute Gasteiger partial charge is 0.137 e. The molecule has 1 aliphatic heterocycles. The number of nitrogens with zero attached hydrogens (tertiary/aromatic N) is 3. The van der Waals surface area contributed by atoms with E-state index in [1.165, 1.54) is 25.7 Å². The molecule has 94 valence electrons. The second kappa shape index (κ2) is 5.34. The molecular formula is C13H22N4. The Kier molecular flexibility index (Phi) is 3.82. The lowest BCUT2D eigenvalue weighted by molar-refractivity contribution is 0.446. The molecule has 0 aromatic carbocycles. The van der Waals surface area contributed by atoms with Crippen LogP contribution in [0.2, 0.25) is 0 Å². The largest absolute Gasteiger partial charge is 0.373 e. The molecule has 0 bridgehead atoms. The van der Waals surface area contributed by atoms with Crippen LogP contribution in [0.1, 0.15) is 38.2 Å². The molecule has 17 heavy (non-hydrogen) atoms. The summed E-state index contributed by atoms with van der Waals surface area (Å²) in [6, 6.07) is 0.641. The molecule has 1 aromatic heterocycles. The predicted octanol–water partition coefficient (Wildman–Crippen LogP) is 2.60. The van der Waals surface area contributed by atoms with Crippen molar-refractivity contribution in [2.24, 2.45) is 0 Å². The number of nitrogens with one attached hydrogen (secondary N) is 1. The summed E-state index contributed by atoms with van der Waals surface area (Å²) in [7, 11) is 1.91. The van der Waals surface area contributed by atoms with Crippen LogP contribution in [0.4, 0.5) is 11.6 Å². The van der Waals surface area contributed by atoms with E-state index in [-0.39, 0.29) is 0 Å². The lowest BCUT2D eigenvalue weighted by atomic mass is 9.99. The molecule has 0 amide bonds. The molecule has 0 spiro atoms. The molecule has 4 heteroatoms. The monoisotopic (exact) mass is 234 g/mol. The Balaban J connectivity index is 2.31. The second-order valence-electron chi connectivity index (χ2n) is 4.67. The van der Waals surface area contributed by atoms with Crippen LogP contribution in [0, 0.1) is 6.92 Å². The first-order valence-corrected chi connectivity index (χ1v) is 6.54. The SMILES string of the molecule is CCC1CCCCN1c1ncnc(NC)c1C. The van der Waals surface area contributed by atoms with E-state index in [1.54, 1.807) is 6.33 Å². The minimum absolute atomic E-state index is 0.641. The molecule has 1 saturated heterocycles. The summed E-state index contributed by atoms with van der Waals surface area (Å²) in [5.41, 5.74) is 1.16. The Labute approximate surface area is 103 Å². The van der Waals surface area contributed by atoms with E-state index < -0.39 is 0 Å². The lowest BCUT2D eigenvalue weighted by Gasteiger charge is -2.37. The van der Waals surface area contributed by atoms with Gasteiger partial charge in [0, 0.05) is 25.2 Å². The summed E-state index contributed by atoms with van der Waals surface area (Å²) in [5.74, 6) is 2.05. The molecule has 2 heterocycles. The van der Waals surface area contributed by atoms with Crippen LogP contribution in [0.25, 0.3) is 0 Å². The van der Waals surface area contributed by atoms with Crippen LogP contribution in [0.15, 0.2) is 6.33 Å². The van der Waals surface area contributed by atoms with Crippen LogP contribution < -0.4 is 10.2 Å². The molecule has 0 aliphatic carbocycles. The number of piperidine rings is 1. The Bertz CT molecular complexity index is 378. The first-order valence-electron chi connectivity index (χ1n) is 6.54. The van der Waals surface area contributed by atoms with Gasteiger partial charge in [0.25, 0.3) is 0 Å². The van der Waals surface area contributed by atoms with E-state index in [0.717, 1.165) is 23.7 Å². The van der Waals surface area contributed by atoms with Gasteiger partial charge in [-0.3, -0.25) is 0 Å². The van der Waals surface area contributed by atoms with Gasteiger partial charge in [0.2, 0.25) is 0 Å². The fourth-order valence-corrected chi connectivity index (χ4v) is 2.69. The number of anilines is 2. The van der Waals surface area contributed by atoms with E-state index in [1.807, 2.05) is 7.05 Å². The van der Waals surface area contributed by atoms with E-state index >= 15 is 0 Å². The van der Waals surface area contributed by atoms with Crippen molar-refractivity contribution in [3.8, 4) is 0 Å². The van der Waals surface area contributed by atoms with E-state index in [0.29, 0.717) is 6.04 Å². The van der Waals surface area contributed by atoms with Gasteiger partial charge in [-0.2, -0.15) is 0 Å². The maximum absolute atomic E-state index is 4.48. The molecule has 1 unspecified atom stereocenters. The van der Waals surface area contributed by atoms with Gasteiger partial charge in [0.1, 0.15) is 18.0 Å². The summed E-state index contributed by atoms with van der Waals surface area (Å²) < 4.78 is 0. The zero-order valence-corrected chi connectivity index (χ0v) is 11.0. The molecule has 1 aromatic rings. The molecule has 0 radical (unpaired) electrons. The van der Waals surface area contributed by atoms with Crippen LogP contribution in [0.5, 0.6) is 0 Å². The van der Waals surface area contributed by atoms with Crippen molar-refractivity contribution >= 4 is 11.6 Å². The normalized spacial score (nSPS) is 20.4. The average molecular weight is 234 g/mol. The maximum Gasteiger partial charge on any atom is 0.137 e. The first-order chi connectivity index (χ1) is 8.27. The molecule has 0 saturated carbocycles. The second-order valence-corrected chi connectivity index (χ2v) is 4.67. The van der Waals surface area contributed by atoms with Crippen molar-refractivity contribution < 1.29 is 0 Å². The Morgan fingerprint density at radius 3 is 2.94 bits per heavy atom. The summed E-state index contributed by atoms with van der Waals surface area (Å²) in [6.45, 7) is 5.49. The zero-order valence-electron chi connectivity index (χ0n) is 11.0. The van der Waals surface area contributed by atoms with Crippen molar-refractivity contribution in [2.45, 2.75) is 45.6 Å². The van der Waals surface area contributed by atoms with Crippen LogP contribution in [-0.4, -0.2) is 29.6 Å². The topological polar surface area (TPSA) is 41.1 Å². The first kappa shape index (κ1) is 12.1. The predicted molar refractivity (Wildman–Crippen MR) is 71.6 cm³/mol. The van der Waals surface area contributed by atoms with Crippen molar-refractivity contribution in [1.82, 2.24) is 9.97 Å². The number of hydrogen-bond donors (Lipinski definition) is 1.